The predicted octanol–water partition coefficient (Wildman–Crippen LogP) is 5.00. The minimum atomic E-state index is -0.287. The SMILES string of the molecule is N#CC(C(=O)c1ccccc1)=C1c2ccccc2Oc2ccccc21. The molecule has 0 amide bonds. The minimum absolute atomic E-state index is 0.120. The second kappa shape index (κ2) is 6.10. The van der Waals surface area contributed by atoms with Crippen LogP contribution in [0.1, 0.15) is 21.5 Å². The zero-order chi connectivity index (χ0) is 17.2. The molecule has 3 heteroatoms. The van der Waals surface area contributed by atoms with Gasteiger partial charge in [-0.2, -0.15) is 5.26 Å². The molecule has 3 aromatic carbocycles. The van der Waals surface area contributed by atoms with Crippen LogP contribution in [0.25, 0.3) is 5.57 Å². The Bertz CT molecular complexity index is 995. The molecule has 1 aliphatic heterocycles. The Balaban J connectivity index is 2.01. The maximum Gasteiger partial charge on any atom is 0.204 e. The van der Waals surface area contributed by atoms with E-state index in [1.54, 1.807) is 24.3 Å². The van der Waals surface area contributed by atoms with E-state index in [1.165, 1.54) is 0 Å². The molecule has 1 aliphatic rings. The molecule has 0 N–H and O–H groups in total. The molecule has 0 aliphatic carbocycles. The molecule has 0 aromatic heterocycles. The Hall–Kier alpha value is -3.64. The van der Waals surface area contributed by atoms with Gasteiger partial charge in [0.05, 0.1) is 0 Å². The van der Waals surface area contributed by atoms with Gasteiger partial charge in [-0.05, 0) is 12.1 Å². The fourth-order valence-corrected chi connectivity index (χ4v) is 3.01. The van der Waals surface area contributed by atoms with Crippen molar-refractivity contribution in [3.63, 3.8) is 0 Å². The van der Waals surface area contributed by atoms with Crippen molar-refractivity contribution in [2.24, 2.45) is 0 Å². The van der Waals surface area contributed by atoms with E-state index in [1.807, 2.05) is 54.6 Å². The first-order chi connectivity index (χ1) is 12.3. The number of hydrogen-bond acceptors (Lipinski definition) is 3. The number of nitriles is 1. The van der Waals surface area contributed by atoms with E-state index in [-0.39, 0.29) is 11.4 Å². The average Bonchev–Trinajstić information content (AvgIpc) is 2.68. The van der Waals surface area contributed by atoms with E-state index in [9.17, 15) is 10.1 Å². The monoisotopic (exact) mass is 323 g/mol. The van der Waals surface area contributed by atoms with Gasteiger partial charge >= 0.3 is 0 Å². The number of nitrogens with zero attached hydrogens (tertiary/aromatic N) is 1. The number of allylic oxidation sites excluding steroid dienone is 1. The van der Waals surface area contributed by atoms with Crippen molar-refractivity contribution in [3.8, 4) is 17.6 Å². The second-order valence-corrected chi connectivity index (χ2v) is 5.65. The van der Waals surface area contributed by atoms with E-state index < -0.39 is 0 Å². The van der Waals surface area contributed by atoms with E-state index in [2.05, 4.69) is 6.07 Å². The van der Waals surface area contributed by atoms with Crippen LogP contribution < -0.4 is 4.74 Å². The molecule has 0 saturated carbocycles. The molecule has 0 saturated heterocycles. The summed E-state index contributed by atoms with van der Waals surface area (Å²) in [5, 5.41) is 9.79. The first-order valence-corrected chi connectivity index (χ1v) is 7.90. The van der Waals surface area contributed by atoms with Crippen molar-refractivity contribution in [1.82, 2.24) is 0 Å². The normalized spacial score (nSPS) is 11.6. The third-order valence-electron chi connectivity index (χ3n) is 4.16. The highest BCUT2D eigenvalue weighted by atomic mass is 16.5. The summed E-state index contributed by atoms with van der Waals surface area (Å²) in [5.74, 6) is 0.999. The largest absolute Gasteiger partial charge is 0.456 e. The average molecular weight is 323 g/mol. The number of Topliss-reactive ketones (excluding diaryl/α,β-unsaturated/α-hetero) is 1. The molecular weight excluding hydrogens is 310 g/mol. The molecule has 1 heterocycles. The standard InChI is InChI=1S/C22H13NO2/c23-14-18(22(24)15-8-2-1-3-9-15)21-16-10-4-6-12-19(16)25-20-13-7-5-11-17(20)21/h1-13H. The van der Waals surface area contributed by atoms with Crippen LogP contribution in [0.2, 0.25) is 0 Å². The van der Waals surface area contributed by atoms with Gasteiger partial charge in [0.2, 0.25) is 5.78 Å². The van der Waals surface area contributed by atoms with Gasteiger partial charge in [-0.1, -0.05) is 66.7 Å². The molecule has 118 valence electrons. The van der Waals surface area contributed by atoms with Crippen LogP contribution in [0.4, 0.5) is 0 Å². The minimum Gasteiger partial charge on any atom is -0.456 e. The second-order valence-electron chi connectivity index (χ2n) is 5.65. The molecule has 3 aromatic rings. The Labute approximate surface area is 145 Å². The summed E-state index contributed by atoms with van der Waals surface area (Å²) < 4.78 is 5.93. The number of rotatable bonds is 2. The van der Waals surface area contributed by atoms with Gasteiger partial charge in [0.25, 0.3) is 0 Å². The summed E-state index contributed by atoms with van der Waals surface area (Å²) in [6.07, 6.45) is 0. The number of ketones is 1. The maximum atomic E-state index is 13.0. The van der Waals surface area contributed by atoms with Crippen molar-refractivity contribution >= 4 is 11.4 Å². The number of fused-ring (bicyclic) bond motifs is 2. The van der Waals surface area contributed by atoms with Crippen LogP contribution in [-0.2, 0) is 0 Å². The summed E-state index contributed by atoms with van der Waals surface area (Å²) in [7, 11) is 0. The van der Waals surface area contributed by atoms with Crippen molar-refractivity contribution in [3.05, 3.63) is 101 Å². The summed E-state index contributed by atoms with van der Waals surface area (Å²) in [4.78, 5) is 13.0. The zero-order valence-electron chi connectivity index (χ0n) is 13.3. The molecular formula is C22H13NO2. The number of benzene rings is 3. The summed E-state index contributed by atoms with van der Waals surface area (Å²) in [6, 6.07) is 25.9. The predicted molar refractivity (Wildman–Crippen MR) is 95.4 cm³/mol. The van der Waals surface area contributed by atoms with Crippen LogP contribution in [0.3, 0.4) is 0 Å². The maximum absolute atomic E-state index is 13.0. The van der Waals surface area contributed by atoms with Crippen molar-refractivity contribution in [1.29, 1.82) is 5.26 Å². The van der Waals surface area contributed by atoms with Crippen LogP contribution in [0, 0.1) is 11.3 Å². The fourth-order valence-electron chi connectivity index (χ4n) is 3.01. The molecule has 0 spiro atoms. The number of carbonyl (C=O) groups excluding carboxylic acids is 1. The van der Waals surface area contributed by atoms with Gasteiger partial charge in [-0.3, -0.25) is 4.79 Å². The number of para-hydroxylation sites is 2. The number of carbonyl (C=O) groups is 1. The molecule has 3 nitrogen and oxygen atoms in total. The zero-order valence-corrected chi connectivity index (χ0v) is 13.3. The molecule has 0 atom stereocenters. The van der Waals surface area contributed by atoms with Gasteiger partial charge in [-0.15, -0.1) is 0 Å². The Morgan fingerprint density at radius 3 is 1.84 bits per heavy atom. The highest BCUT2D eigenvalue weighted by molar-refractivity contribution is 6.18. The van der Waals surface area contributed by atoms with Gasteiger partial charge in [-0.25, -0.2) is 0 Å². The van der Waals surface area contributed by atoms with Gasteiger partial charge in [0.1, 0.15) is 23.1 Å². The highest BCUT2D eigenvalue weighted by Gasteiger charge is 2.27. The third-order valence-corrected chi connectivity index (χ3v) is 4.16. The number of ether oxygens (including phenoxy) is 1. The van der Waals surface area contributed by atoms with Gasteiger partial charge in [0, 0.05) is 22.3 Å². The number of hydrogen-bond donors (Lipinski definition) is 0. The molecule has 4 rings (SSSR count). The highest BCUT2D eigenvalue weighted by Crippen LogP contribution is 2.44. The molecule has 0 radical (unpaired) electrons. The van der Waals surface area contributed by atoms with Gasteiger partial charge < -0.3 is 4.74 Å². The Kier molecular flexibility index (Phi) is 3.64. The first kappa shape index (κ1) is 14.9. The smallest absolute Gasteiger partial charge is 0.204 e. The van der Waals surface area contributed by atoms with Crippen LogP contribution in [0.5, 0.6) is 11.5 Å². The Morgan fingerprint density at radius 1 is 0.760 bits per heavy atom. The van der Waals surface area contributed by atoms with E-state index in [4.69, 9.17) is 4.74 Å². The lowest BCUT2D eigenvalue weighted by atomic mass is 9.87. The summed E-state index contributed by atoms with van der Waals surface area (Å²) in [6.45, 7) is 0. The van der Waals surface area contributed by atoms with Crippen LogP contribution >= 0.6 is 0 Å². The van der Waals surface area contributed by atoms with E-state index >= 15 is 0 Å². The van der Waals surface area contributed by atoms with Gasteiger partial charge in [0.15, 0.2) is 0 Å². The van der Waals surface area contributed by atoms with Crippen molar-refractivity contribution in [2.45, 2.75) is 0 Å². The lowest BCUT2D eigenvalue weighted by molar-refractivity contribution is 0.103. The quantitative estimate of drug-likeness (QED) is 0.296. The van der Waals surface area contributed by atoms with Crippen LogP contribution in [-0.4, -0.2) is 5.78 Å². The molecule has 0 unspecified atom stereocenters. The fraction of sp³-hybridized carbons (Fsp3) is 0. The topological polar surface area (TPSA) is 50.1 Å². The summed E-state index contributed by atoms with van der Waals surface area (Å²) in [5.41, 5.74) is 2.74. The molecule has 25 heavy (non-hydrogen) atoms. The van der Waals surface area contributed by atoms with Crippen molar-refractivity contribution in [2.75, 3.05) is 0 Å². The first-order valence-electron chi connectivity index (χ1n) is 7.90. The third kappa shape index (κ3) is 2.50. The van der Waals surface area contributed by atoms with Crippen molar-refractivity contribution < 1.29 is 9.53 Å². The van der Waals surface area contributed by atoms with E-state index in [0.29, 0.717) is 22.6 Å². The van der Waals surface area contributed by atoms with Crippen LogP contribution in [0.15, 0.2) is 84.4 Å². The lowest BCUT2D eigenvalue weighted by Gasteiger charge is -2.23. The van der Waals surface area contributed by atoms with E-state index in [0.717, 1.165) is 11.1 Å². The summed E-state index contributed by atoms with van der Waals surface area (Å²) >= 11 is 0. The lowest BCUT2D eigenvalue weighted by Crippen LogP contribution is -2.10. The molecule has 0 fully saturated rings. The molecule has 0 bridgehead atoms. The Morgan fingerprint density at radius 2 is 1.28 bits per heavy atom.